The van der Waals surface area contributed by atoms with Crippen molar-refractivity contribution >= 4 is 87.0 Å². The molecule has 2 aliphatic heterocycles. The van der Waals surface area contributed by atoms with Crippen molar-refractivity contribution in [3.05, 3.63) is 206 Å². The minimum Gasteiger partial charge on any atom is -0.339 e. The Balaban J connectivity index is 1.29. The molecule has 5 heterocycles. The van der Waals surface area contributed by atoms with Crippen LogP contribution in [0.4, 0.5) is 0 Å². The molecular weight excluding hydrogens is 829 g/mol. The van der Waals surface area contributed by atoms with Gasteiger partial charge < -0.3 is 9.97 Å². The van der Waals surface area contributed by atoms with Gasteiger partial charge >= 0.3 is 0 Å². The number of nitrogens with zero attached hydrogens (tertiary/aromatic N) is 4. The van der Waals surface area contributed by atoms with Gasteiger partial charge in [-0.3, -0.25) is 0 Å². The lowest BCUT2D eigenvalue weighted by molar-refractivity contribution is 1.22. The first-order valence-corrected chi connectivity index (χ1v) is 22.2. The van der Waals surface area contributed by atoms with Gasteiger partial charge in [-0.15, -0.1) is 0 Å². The second kappa shape index (κ2) is 14.1. The number of aromatic nitrogens is 6. The predicted molar refractivity (Wildman–Crippen MR) is 281 cm³/mol. The summed E-state index contributed by atoms with van der Waals surface area (Å²) in [4.78, 5) is 28.9. The van der Waals surface area contributed by atoms with E-state index in [9.17, 15) is 5.48 Å². The van der Waals surface area contributed by atoms with Crippen molar-refractivity contribution in [3.63, 3.8) is 0 Å². The maximum atomic E-state index is 9.72. The van der Waals surface area contributed by atoms with Gasteiger partial charge in [0.05, 0.1) is 36.1 Å². The average molecular weight is 875 g/mol. The van der Waals surface area contributed by atoms with Crippen molar-refractivity contribution in [2.24, 2.45) is 0 Å². The fraction of sp³-hybridized carbons (Fsp3) is 0. The Morgan fingerprint density at radius 1 is 0.324 bits per heavy atom. The van der Waals surface area contributed by atoms with E-state index in [1.54, 1.807) is 0 Å². The molecule has 314 valence electrons. The van der Waals surface area contributed by atoms with Crippen molar-refractivity contribution in [2.75, 3.05) is 0 Å². The van der Waals surface area contributed by atoms with E-state index in [-0.39, 0.29) is 33.6 Å². The molecule has 0 saturated heterocycles. The zero-order valence-corrected chi connectivity index (χ0v) is 35.6. The number of hydrogen-bond donors (Lipinski definition) is 2. The van der Waals surface area contributed by atoms with Crippen LogP contribution in [0, 0.1) is 0 Å². The Morgan fingerprint density at radius 2 is 0.647 bits per heavy atom. The Hall–Kier alpha value is -9.26. The lowest BCUT2D eigenvalue weighted by atomic mass is 9.92. The van der Waals surface area contributed by atoms with Gasteiger partial charge in [0.1, 0.15) is 11.3 Å². The van der Waals surface area contributed by atoms with E-state index >= 15 is 0 Å². The van der Waals surface area contributed by atoms with Crippen LogP contribution in [0.1, 0.15) is 13.7 Å². The standard InChI is InChI=1S/C62H36N6/c1-3-15-35(16-4-1)53-55-45-27-37-19-7-8-20-38(37)28-46(45)56(63-55)54(36-17-5-2-6-18-36)58-48-30-40-22-10-12-24-42(40)32-50(48)60(65-58)67-62-52-34-44-26-14-13-25-43(44)33-51(52)61(68-62)66-59-49-31-41-23-11-9-21-39(41)29-47(49)57(53)64-59/h1-34H,(H2,64,65,66,67,68)/i1D,2D,3D,4D,5D,6D,15D,16D,17D,18D. The van der Waals surface area contributed by atoms with E-state index in [4.69, 9.17) is 28.2 Å². The third-order valence-electron chi connectivity index (χ3n) is 13.4. The summed E-state index contributed by atoms with van der Waals surface area (Å²) in [5.41, 5.74) is 4.21. The summed E-state index contributed by atoms with van der Waals surface area (Å²) in [6.45, 7) is 0. The van der Waals surface area contributed by atoms with Gasteiger partial charge in [-0.05, 0) is 103 Å². The number of nitrogens with one attached hydrogen (secondary N) is 2. The van der Waals surface area contributed by atoms with E-state index < -0.39 is 60.4 Å². The highest BCUT2D eigenvalue weighted by Crippen LogP contribution is 2.50. The van der Waals surface area contributed by atoms with Crippen LogP contribution >= 0.6 is 0 Å². The molecule has 8 bridgehead atoms. The van der Waals surface area contributed by atoms with E-state index in [0.29, 0.717) is 77.8 Å². The van der Waals surface area contributed by atoms with Crippen molar-refractivity contribution < 1.29 is 13.7 Å². The Kier molecular flexibility index (Phi) is 5.94. The fourth-order valence-electron chi connectivity index (χ4n) is 10.3. The van der Waals surface area contributed by atoms with Gasteiger partial charge in [0.15, 0.2) is 11.6 Å². The van der Waals surface area contributed by atoms with E-state index in [1.165, 1.54) is 0 Å². The highest BCUT2D eigenvalue weighted by molar-refractivity contribution is 6.20. The van der Waals surface area contributed by atoms with Gasteiger partial charge in [0, 0.05) is 54.9 Å². The van der Waals surface area contributed by atoms with Crippen molar-refractivity contribution in [1.29, 1.82) is 0 Å². The lowest BCUT2D eigenvalue weighted by Gasteiger charge is -2.10. The molecular formula is C62H36N6. The maximum Gasteiger partial charge on any atom is 0.164 e. The van der Waals surface area contributed by atoms with Gasteiger partial charge in [-0.1, -0.05) is 157 Å². The molecule has 6 nitrogen and oxygen atoms in total. The van der Waals surface area contributed by atoms with Gasteiger partial charge in [0.2, 0.25) is 0 Å². The maximum absolute atomic E-state index is 9.72. The van der Waals surface area contributed by atoms with Crippen LogP contribution in [0.25, 0.3) is 155 Å². The molecule has 13 aromatic rings. The first-order chi connectivity index (χ1) is 37.8. The second-order valence-electron chi connectivity index (χ2n) is 17.2. The molecule has 15 rings (SSSR count). The highest BCUT2D eigenvalue weighted by Gasteiger charge is 2.28. The van der Waals surface area contributed by atoms with Crippen LogP contribution in [0.3, 0.4) is 0 Å². The quantitative estimate of drug-likeness (QED) is 0.181. The van der Waals surface area contributed by atoms with Crippen LogP contribution in [0.5, 0.6) is 0 Å². The second-order valence-corrected chi connectivity index (χ2v) is 17.2. The van der Waals surface area contributed by atoms with Gasteiger partial charge in [0.25, 0.3) is 0 Å². The summed E-state index contributed by atoms with van der Waals surface area (Å²) < 4.78 is 92.9. The third kappa shape index (κ3) is 5.52. The monoisotopic (exact) mass is 874 g/mol. The van der Waals surface area contributed by atoms with Crippen molar-refractivity contribution in [3.8, 4) is 67.5 Å². The molecule has 0 radical (unpaired) electrons. The number of fused-ring (bicyclic) bond motifs is 24. The van der Waals surface area contributed by atoms with Crippen LogP contribution in [-0.2, 0) is 0 Å². The van der Waals surface area contributed by atoms with Crippen LogP contribution < -0.4 is 0 Å². The topological polar surface area (TPSA) is 83.1 Å². The highest BCUT2D eigenvalue weighted by atomic mass is 15.0. The molecule has 0 amide bonds. The summed E-state index contributed by atoms with van der Waals surface area (Å²) in [6.07, 6.45) is 0. The summed E-state index contributed by atoms with van der Waals surface area (Å²) >= 11 is 0. The zero-order valence-electron chi connectivity index (χ0n) is 45.6. The van der Waals surface area contributed by atoms with Gasteiger partial charge in [-0.2, -0.15) is 0 Å². The molecule has 0 fully saturated rings. The van der Waals surface area contributed by atoms with Crippen molar-refractivity contribution in [2.45, 2.75) is 0 Å². The molecule has 2 aliphatic rings. The fourth-order valence-corrected chi connectivity index (χ4v) is 10.3. The van der Waals surface area contributed by atoms with Crippen LogP contribution in [-0.4, -0.2) is 29.9 Å². The Labute approximate surface area is 403 Å². The number of aromatic amines is 2. The first-order valence-electron chi connectivity index (χ1n) is 27.2. The number of H-pyrrole nitrogens is 2. The van der Waals surface area contributed by atoms with Gasteiger partial charge in [-0.25, -0.2) is 19.9 Å². The summed E-state index contributed by atoms with van der Waals surface area (Å²) in [6, 6.07) is 42.1. The third-order valence-corrected chi connectivity index (χ3v) is 13.4. The SMILES string of the molecule is [2H]c1c([2H])c([2H])c(-c2c3nc(c(-c4c([2H])c([2H])c([2H])c([2H])c4[2H])c4[nH]c(nc5nc(nc6[nH]c2c2cc7ccccc7cc62)-c2cc6ccccc6cc2-5)c2cc5ccccc5cc42)-c2cc4ccccc4cc2-3)c([2H])c1[2H]. The van der Waals surface area contributed by atoms with E-state index in [0.717, 1.165) is 43.1 Å². The molecule has 3 aromatic heterocycles. The molecule has 0 saturated carbocycles. The van der Waals surface area contributed by atoms with Crippen molar-refractivity contribution in [1.82, 2.24) is 29.9 Å². The average Bonchev–Trinajstić information content (AvgIpc) is 4.39. The zero-order chi connectivity index (χ0) is 53.2. The lowest BCUT2D eigenvalue weighted by Crippen LogP contribution is -1.86. The first kappa shape index (κ1) is 28.6. The molecule has 2 N–H and O–H groups in total. The summed E-state index contributed by atoms with van der Waals surface area (Å²) in [5.74, 6) is 0.680. The predicted octanol–water partition coefficient (Wildman–Crippen LogP) is 16.0. The minimum atomic E-state index is -0.575. The molecule has 0 atom stereocenters. The summed E-state index contributed by atoms with van der Waals surface area (Å²) in [7, 11) is 0. The largest absolute Gasteiger partial charge is 0.339 e. The Bertz CT molecular complexity index is 4760. The molecule has 0 unspecified atom stereocenters. The smallest absolute Gasteiger partial charge is 0.164 e. The van der Waals surface area contributed by atoms with Crippen LogP contribution in [0.2, 0.25) is 0 Å². The number of benzene rings is 10. The van der Waals surface area contributed by atoms with Crippen LogP contribution in [0.15, 0.2) is 206 Å². The molecule has 68 heavy (non-hydrogen) atoms. The molecule has 0 aliphatic carbocycles. The normalized spacial score (nSPS) is 14.2. The molecule has 6 heteroatoms. The minimum absolute atomic E-state index is 0.142. The number of rotatable bonds is 2. The molecule has 10 aromatic carbocycles. The van der Waals surface area contributed by atoms with E-state index in [2.05, 4.69) is 9.97 Å². The van der Waals surface area contributed by atoms with E-state index in [1.807, 2.05) is 146 Å². The summed E-state index contributed by atoms with van der Waals surface area (Å²) in [5, 5.41) is 9.50. The molecule has 0 spiro atoms. The Morgan fingerprint density at radius 3 is 1.01 bits per heavy atom. The number of hydrogen-bond acceptors (Lipinski definition) is 4.